The highest BCUT2D eigenvalue weighted by Gasteiger charge is 2.32. The quantitative estimate of drug-likeness (QED) is 0.780. The third-order valence-electron chi connectivity index (χ3n) is 4.76. The molecule has 122 valence electrons. The number of likely N-dealkylation sites (tertiary alicyclic amines) is 1. The lowest BCUT2D eigenvalue weighted by Gasteiger charge is -2.42. The first-order valence-corrected chi connectivity index (χ1v) is 8.57. The summed E-state index contributed by atoms with van der Waals surface area (Å²) in [5.74, 6) is 0. The number of carbonyl (C=O) groups excluding carboxylic acids is 1. The van der Waals surface area contributed by atoms with E-state index in [2.05, 4.69) is 4.90 Å². The van der Waals surface area contributed by atoms with Crippen molar-refractivity contribution < 1.29 is 9.53 Å². The van der Waals surface area contributed by atoms with Gasteiger partial charge in [-0.15, -0.1) is 0 Å². The van der Waals surface area contributed by atoms with E-state index in [1.54, 1.807) is 0 Å². The van der Waals surface area contributed by atoms with Crippen molar-refractivity contribution in [3.05, 3.63) is 0 Å². The molecule has 2 aliphatic rings. The van der Waals surface area contributed by atoms with Crippen LogP contribution in [0.2, 0.25) is 0 Å². The van der Waals surface area contributed by atoms with Crippen molar-refractivity contribution in [3.63, 3.8) is 0 Å². The van der Waals surface area contributed by atoms with Crippen LogP contribution in [0, 0.1) is 0 Å². The van der Waals surface area contributed by atoms with Gasteiger partial charge in [0.25, 0.3) is 0 Å². The molecule has 1 saturated heterocycles. The predicted molar refractivity (Wildman–Crippen MR) is 85.5 cm³/mol. The van der Waals surface area contributed by atoms with E-state index in [1.165, 1.54) is 45.2 Å². The average molecular weight is 296 g/mol. The van der Waals surface area contributed by atoms with Crippen LogP contribution >= 0.6 is 0 Å². The second-order valence-corrected chi connectivity index (χ2v) is 7.66. The Morgan fingerprint density at radius 3 is 2.38 bits per heavy atom. The second kappa shape index (κ2) is 6.99. The Bertz CT molecular complexity index is 345. The van der Waals surface area contributed by atoms with Crippen LogP contribution in [0.4, 0.5) is 4.79 Å². The van der Waals surface area contributed by atoms with Crippen molar-refractivity contribution in [2.24, 2.45) is 0 Å². The molecule has 2 unspecified atom stereocenters. The van der Waals surface area contributed by atoms with Gasteiger partial charge in [0.15, 0.2) is 0 Å². The molecule has 4 nitrogen and oxygen atoms in total. The van der Waals surface area contributed by atoms with E-state index in [1.807, 2.05) is 32.7 Å². The summed E-state index contributed by atoms with van der Waals surface area (Å²) in [4.78, 5) is 16.7. The molecule has 2 atom stereocenters. The van der Waals surface area contributed by atoms with E-state index in [-0.39, 0.29) is 6.09 Å². The maximum atomic E-state index is 12.2. The Kier molecular flexibility index (Phi) is 5.53. The van der Waals surface area contributed by atoms with E-state index in [0.717, 1.165) is 12.8 Å². The fourth-order valence-corrected chi connectivity index (χ4v) is 3.59. The predicted octanol–water partition coefficient (Wildman–Crippen LogP) is 3.65. The number of amides is 1. The molecule has 0 aromatic heterocycles. The standard InChI is InChI=1S/C17H32N2O2/c1-17(2,3)21-16(20)18(4)14-9-8-10-15(13-14)19-11-6-5-7-12-19/h14-15H,5-13H2,1-4H3. The first-order valence-electron chi connectivity index (χ1n) is 8.57. The summed E-state index contributed by atoms with van der Waals surface area (Å²) in [5, 5.41) is 0. The van der Waals surface area contributed by atoms with Crippen molar-refractivity contribution in [1.82, 2.24) is 9.80 Å². The number of ether oxygens (including phenoxy) is 1. The highest BCUT2D eigenvalue weighted by Crippen LogP contribution is 2.28. The molecule has 1 saturated carbocycles. The summed E-state index contributed by atoms with van der Waals surface area (Å²) >= 11 is 0. The van der Waals surface area contributed by atoms with Crippen molar-refractivity contribution in [3.8, 4) is 0 Å². The van der Waals surface area contributed by atoms with Gasteiger partial charge >= 0.3 is 6.09 Å². The van der Waals surface area contributed by atoms with E-state index >= 15 is 0 Å². The Labute approximate surface area is 129 Å². The maximum absolute atomic E-state index is 12.2. The van der Waals surface area contributed by atoms with E-state index < -0.39 is 5.60 Å². The minimum absolute atomic E-state index is 0.174. The molecule has 0 spiro atoms. The van der Waals surface area contributed by atoms with E-state index in [9.17, 15) is 4.79 Å². The van der Waals surface area contributed by atoms with Crippen LogP contribution in [-0.2, 0) is 4.74 Å². The van der Waals surface area contributed by atoms with Crippen LogP contribution in [0.3, 0.4) is 0 Å². The van der Waals surface area contributed by atoms with Crippen LogP contribution < -0.4 is 0 Å². The first-order chi connectivity index (χ1) is 9.87. The Morgan fingerprint density at radius 1 is 1.10 bits per heavy atom. The minimum Gasteiger partial charge on any atom is -0.444 e. The van der Waals surface area contributed by atoms with Gasteiger partial charge in [-0.3, -0.25) is 0 Å². The van der Waals surface area contributed by atoms with Crippen molar-refractivity contribution in [2.45, 2.75) is 83.4 Å². The van der Waals surface area contributed by atoms with Crippen LogP contribution in [-0.4, -0.2) is 53.7 Å². The largest absolute Gasteiger partial charge is 0.444 e. The number of hydrogen-bond acceptors (Lipinski definition) is 3. The van der Waals surface area contributed by atoms with Crippen molar-refractivity contribution >= 4 is 6.09 Å². The van der Waals surface area contributed by atoms with Crippen molar-refractivity contribution in [1.29, 1.82) is 0 Å². The van der Waals surface area contributed by atoms with Gasteiger partial charge in [-0.1, -0.05) is 6.42 Å². The SMILES string of the molecule is CN(C(=O)OC(C)(C)C)C1CCCC(N2CCCCC2)C1. The zero-order valence-electron chi connectivity index (χ0n) is 14.2. The molecule has 0 bridgehead atoms. The maximum Gasteiger partial charge on any atom is 0.410 e. The molecule has 0 aromatic rings. The number of nitrogens with zero attached hydrogens (tertiary/aromatic N) is 2. The van der Waals surface area contributed by atoms with Crippen LogP contribution in [0.15, 0.2) is 0 Å². The second-order valence-electron chi connectivity index (χ2n) is 7.66. The number of carbonyl (C=O) groups is 1. The lowest BCUT2D eigenvalue weighted by Crippen LogP contribution is -2.48. The zero-order valence-corrected chi connectivity index (χ0v) is 14.2. The van der Waals surface area contributed by atoms with Crippen LogP contribution in [0.5, 0.6) is 0 Å². The first kappa shape index (κ1) is 16.6. The van der Waals surface area contributed by atoms with Crippen molar-refractivity contribution in [2.75, 3.05) is 20.1 Å². The number of hydrogen-bond donors (Lipinski definition) is 0. The number of rotatable bonds is 2. The smallest absolute Gasteiger partial charge is 0.410 e. The molecule has 0 radical (unpaired) electrons. The summed E-state index contributed by atoms with van der Waals surface area (Å²) in [7, 11) is 1.90. The third-order valence-corrected chi connectivity index (χ3v) is 4.76. The molecule has 2 rings (SSSR count). The average Bonchev–Trinajstić information content (AvgIpc) is 2.46. The molecule has 1 amide bonds. The molecule has 4 heteroatoms. The molecule has 0 aromatic carbocycles. The molecule has 1 heterocycles. The monoisotopic (exact) mass is 296 g/mol. The van der Waals surface area contributed by atoms with Gasteiger partial charge in [0.1, 0.15) is 5.60 Å². The Balaban J connectivity index is 1.89. The highest BCUT2D eigenvalue weighted by atomic mass is 16.6. The summed E-state index contributed by atoms with van der Waals surface area (Å²) < 4.78 is 5.51. The lowest BCUT2D eigenvalue weighted by molar-refractivity contribution is 0.0121. The Hall–Kier alpha value is -0.770. The minimum atomic E-state index is -0.410. The fraction of sp³-hybridized carbons (Fsp3) is 0.941. The lowest BCUT2D eigenvalue weighted by atomic mass is 9.88. The topological polar surface area (TPSA) is 32.8 Å². The molecule has 1 aliphatic heterocycles. The summed E-state index contributed by atoms with van der Waals surface area (Å²) in [6.07, 6.45) is 8.61. The molecular weight excluding hydrogens is 264 g/mol. The summed E-state index contributed by atoms with van der Waals surface area (Å²) in [6, 6.07) is 0.995. The van der Waals surface area contributed by atoms with Gasteiger partial charge in [-0.2, -0.15) is 0 Å². The summed E-state index contributed by atoms with van der Waals surface area (Å²) in [5.41, 5.74) is -0.410. The van der Waals surface area contributed by atoms with Gasteiger partial charge in [-0.25, -0.2) is 4.79 Å². The van der Waals surface area contributed by atoms with Crippen LogP contribution in [0.1, 0.15) is 65.7 Å². The number of piperidine rings is 1. The molecule has 0 N–H and O–H groups in total. The summed E-state index contributed by atoms with van der Waals surface area (Å²) in [6.45, 7) is 8.27. The van der Waals surface area contributed by atoms with Gasteiger partial charge in [0, 0.05) is 19.1 Å². The molecule has 2 fully saturated rings. The van der Waals surface area contributed by atoms with E-state index in [0.29, 0.717) is 12.1 Å². The molecular formula is C17H32N2O2. The normalized spacial score (nSPS) is 28.2. The zero-order chi connectivity index (χ0) is 15.5. The molecule has 1 aliphatic carbocycles. The van der Waals surface area contributed by atoms with Crippen LogP contribution in [0.25, 0.3) is 0 Å². The molecule has 21 heavy (non-hydrogen) atoms. The van der Waals surface area contributed by atoms with E-state index in [4.69, 9.17) is 4.74 Å². The van der Waals surface area contributed by atoms with Gasteiger partial charge in [0.2, 0.25) is 0 Å². The highest BCUT2D eigenvalue weighted by molar-refractivity contribution is 5.68. The van der Waals surface area contributed by atoms with Gasteiger partial charge < -0.3 is 14.5 Å². The Morgan fingerprint density at radius 2 is 1.76 bits per heavy atom. The fourth-order valence-electron chi connectivity index (χ4n) is 3.59. The van der Waals surface area contributed by atoms with Gasteiger partial charge in [0.05, 0.1) is 0 Å². The van der Waals surface area contributed by atoms with Gasteiger partial charge in [-0.05, 0) is 72.4 Å². The third kappa shape index (κ3) is 4.87.